The van der Waals surface area contributed by atoms with Gasteiger partial charge in [0, 0.05) is 37.7 Å². The van der Waals surface area contributed by atoms with Crippen molar-refractivity contribution in [2.45, 2.75) is 39.3 Å². The molecule has 0 aliphatic carbocycles. The van der Waals surface area contributed by atoms with Crippen LogP contribution in [0.2, 0.25) is 0 Å². The lowest BCUT2D eigenvalue weighted by Crippen LogP contribution is -2.45. The van der Waals surface area contributed by atoms with Crippen LogP contribution in [0.1, 0.15) is 32.6 Å². The zero-order chi connectivity index (χ0) is 19.1. The first-order chi connectivity index (χ1) is 13.2. The van der Waals surface area contributed by atoms with E-state index in [1.165, 1.54) is 0 Å². The average molecular weight is 369 g/mol. The summed E-state index contributed by atoms with van der Waals surface area (Å²) in [5.41, 5.74) is 0.997. The molecule has 2 N–H and O–H groups in total. The van der Waals surface area contributed by atoms with E-state index in [9.17, 15) is 4.79 Å². The van der Waals surface area contributed by atoms with E-state index >= 15 is 0 Å². The molecule has 7 heteroatoms. The summed E-state index contributed by atoms with van der Waals surface area (Å²) in [7, 11) is 0. The number of likely N-dealkylation sites (tertiary alicyclic amines) is 1. The smallest absolute Gasteiger partial charge is 0.222 e. The number of carbonyl (C=O) groups is 1. The van der Waals surface area contributed by atoms with Crippen LogP contribution in [-0.2, 0) is 11.3 Å². The maximum Gasteiger partial charge on any atom is 0.222 e. The fraction of sp³-hybridized carbons (Fsp3) is 0.450. The second-order valence-corrected chi connectivity index (χ2v) is 6.50. The van der Waals surface area contributed by atoms with Crippen molar-refractivity contribution in [1.82, 2.24) is 20.5 Å². The molecule has 3 rings (SSSR count). The van der Waals surface area contributed by atoms with Crippen molar-refractivity contribution < 1.29 is 9.21 Å². The lowest BCUT2D eigenvalue weighted by molar-refractivity contribution is -0.129. The van der Waals surface area contributed by atoms with Crippen molar-refractivity contribution in [1.29, 1.82) is 0 Å². The minimum atomic E-state index is 0.203. The quantitative estimate of drug-likeness (QED) is 0.604. The van der Waals surface area contributed by atoms with E-state index in [4.69, 9.17) is 4.42 Å². The van der Waals surface area contributed by atoms with Crippen LogP contribution in [0.25, 0.3) is 11.3 Å². The minimum Gasteiger partial charge on any atom is -0.439 e. The first-order valence-electron chi connectivity index (χ1n) is 9.52. The Morgan fingerprint density at radius 2 is 2.15 bits per heavy atom. The molecule has 2 heterocycles. The van der Waals surface area contributed by atoms with E-state index in [0.717, 1.165) is 30.8 Å². The lowest BCUT2D eigenvalue weighted by Gasteiger charge is -2.18. The Morgan fingerprint density at radius 1 is 1.33 bits per heavy atom. The zero-order valence-electron chi connectivity index (χ0n) is 15.9. The van der Waals surface area contributed by atoms with Crippen LogP contribution in [0.4, 0.5) is 0 Å². The summed E-state index contributed by atoms with van der Waals surface area (Å²) in [6.07, 6.45) is 3.20. The molecular formula is C20H27N5O2. The van der Waals surface area contributed by atoms with Gasteiger partial charge in [-0.1, -0.05) is 37.3 Å². The largest absolute Gasteiger partial charge is 0.439 e. The number of amides is 1. The van der Waals surface area contributed by atoms with Crippen molar-refractivity contribution in [3.63, 3.8) is 0 Å². The number of aliphatic imine (C=N–C) groups is 1. The van der Waals surface area contributed by atoms with Gasteiger partial charge in [-0.15, -0.1) is 0 Å². The first kappa shape index (κ1) is 18.9. The van der Waals surface area contributed by atoms with Crippen LogP contribution < -0.4 is 10.6 Å². The fourth-order valence-electron chi connectivity index (χ4n) is 3.11. The van der Waals surface area contributed by atoms with E-state index in [0.29, 0.717) is 31.4 Å². The minimum absolute atomic E-state index is 0.203. The van der Waals surface area contributed by atoms with Gasteiger partial charge in [0.05, 0.1) is 6.20 Å². The predicted octanol–water partition coefficient (Wildman–Crippen LogP) is 2.41. The van der Waals surface area contributed by atoms with Gasteiger partial charge in [-0.2, -0.15) is 0 Å². The third-order valence-electron chi connectivity index (χ3n) is 4.51. The molecule has 2 aromatic rings. The highest BCUT2D eigenvalue weighted by Gasteiger charge is 2.25. The third-order valence-corrected chi connectivity index (χ3v) is 4.51. The summed E-state index contributed by atoms with van der Waals surface area (Å²) in [6, 6.07) is 10.1. The highest BCUT2D eigenvalue weighted by molar-refractivity contribution is 5.80. The molecule has 7 nitrogen and oxygen atoms in total. The number of nitrogens with zero attached hydrogens (tertiary/aromatic N) is 3. The van der Waals surface area contributed by atoms with Gasteiger partial charge in [0.15, 0.2) is 11.7 Å². The van der Waals surface area contributed by atoms with Crippen molar-refractivity contribution >= 4 is 11.9 Å². The Labute approximate surface area is 159 Å². The van der Waals surface area contributed by atoms with Gasteiger partial charge >= 0.3 is 0 Å². The number of hydrogen-bond acceptors (Lipinski definition) is 4. The molecule has 1 fully saturated rings. The van der Waals surface area contributed by atoms with Gasteiger partial charge in [0.2, 0.25) is 11.8 Å². The molecule has 1 aromatic heterocycles. The van der Waals surface area contributed by atoms with Crippen molar-refractivity contribution in [3.8, 4) is 11.3 Å². The Bertz CT molecular complexity index is 772. The Kier molecular flexibility index (Phi) is 6.46. The number of oxazole rings is 1. The highest BCUT2D eigenvalue weighted by atomic mass is 16.4. The summed E-state index contributed by atoms with van der Waals surface area (Å²) >= 11 is 0. The van der Waals surface area contributed by atoms with Gasteiger partial charge < -0.3 is 20.0 Å². The number of rotatable bonds is 6. The number of benzene rings is 1. The monoisotopic (exact) mass is 369 g/mol. The predicted molar refractivity (Wildman–Crippen MR) is 105 cm³/mol. The molecule has 1 atom stereocenters. The second kappa shape index (κ2) is 9.21. The Hall–Kier alpha value is -2.83. The number of aromatic nitrogens is 1. The maximum absolute atomic E-state index is 11.8. The molecule has 1 amide bonds. The third kappa shape index (κ3) is 5.09. The van der Waals surface area contributed by atoms with Gasteiger partial charge in [0.25, 0.3) is 0 Å². The van der Waals surface area contributed by atoms with Crippen LogP contribution >= 0.6 is 0 Å². The Balaban J connectivity index is 1.60. The molecular weight excluding hydrogens is 342 g/mol. The summed E-state index contributed by atoms with van der Waals surface area (Å²) in [5, 5.41) is 6.65. The van der Waals surface area contributed by atoms with Crippen LogP contribution in [0.15, 0.2) is 45.9 Å². The second-order valence-electron chi connectivity index (χ2n) is 6.50. The van der Waals surface area contributed by atoms with E-state index < -0.39 is 0 Å². The van der Waals surface area contributed by atoms with E-state index in [1.54, 1.807) is 6.20 Å². The van der Waals surface area contributed by atoms with Crippen molar-refractivity contribution in [3.05, 3.63) is 42.4 Å². The summed E-state index contributed by atoms with van der Waals surface area (Å²) in [4.78, 5) is 22.6. The van der Waals surface area contributed by atoms with E-state index in [-0.39, 0.29) is 11.9 Å². The number of hydrogen-bond donors (Lipinski definition) is 2. The average Bonchev–Trinajstić information content (AvgIpc) is 3.36. The van der Waals surface area contributed by atoms with Crippen LogP contribution in [0.3, 0.4) is 0 Å². The normalized spacial score (nSPS) is 17.2. The Morgan fingerprint density at radius 3 is 2.89 bits per heavy atom. The molecule has 0 spiro atoms. The fourth-order valence-corrected chi connectivity index (χ4v) is 3.11. The van der Waals surface area contributed by atoms with Gasteiger partial charge in [-0.3, -0.25) is 4.79 Å². The van der Waals surface area contributed by atoms with Crippen LogP contribution in [0, 0.1) is 0 Å². The number of carbonyl (C=O) groups excluding carboxylic acids is 1. The SMILES string of the molecule is CCNC(=NCc1ncc(-c2ccccc2)o1)NC1CCN(C(=O)CC)C1. The molecule has 0 radical (unpaired) electrons. The van der Waals surface area contributed by atoms with Gasteiger partial charge in [0.1, 0.15) is 6.54 Å². The molecule has 1 aliphatic heterocycles. The standard InChI is InChI=1S/C20H27N5O2/c1-3-19(26)25-11-10-16(14-25)24-20(21-4-2)23-13-18-22-12-17(27-18)15-8-6-5-7-9-15/h5-9,12,16H,3-4,10-11,13-14H2,1-2H3,(H2,21,23,24). The molecule has 0 saturated carbocycles. The van der Waals surface area contributed by atoms with E-state index in [2.05, 4.69) is 20.6 Å². The topological polar surface area (TPSA) is 82.8 Å². The van der Waals surface area contributed by atoms with E-state index in [1.807, 2.05) is 49.1 Å². The first-order valence-corrected chi connectivity index (χ1v) is 9.52. The molecule has 1 saturated heterocycles. The summed E-state index contributed by atoms with van der Waals surface area (Å²) in [5.74, 6) is 2.23. The molecule has 0 bridgehead atoms. The molecule has 1 aromatic carbocycles. The maximum atomic E-state index is 11.8. The number of nitrogens with one attached hydrogen (secondary N) is 2. The van der Waals surface area contributed by atoms with Gasteiger partial charge in [-0.05, 0) is 13.3 Å². The van der Waals surface area contributed by atoms with Crippen molar-refractivity contribution in [2.24, 2.45) is 4.99 Å². The molecule has 27 heavy (non-hydrogen) atoms. The highest BCUT2D eigenvalue weighted by Crippen LogP contribution is 2.20. The van der Waals surface area contributed by atoms with Crippen molar-refractivity contribution in [2.75, 3.05) is 19.6 Å². The van der Waals surface area contributed by atoms with Crippen LogP contribution in [-0.4, -0.2) is 47.4 Å². The van der Waals surface area contributed by atoms with Crippen LogP contribution in [0.5, 0.6) is 0 Å². The van der Waals surface area contributed by atoms with Gasteiger partial charge in [-0.25, -0.2) is 9.98 Å². The molecule has 1 unspecified atom stereocenters. The molecule has 144 valence electrons. The number of guanidine groups is 1. The summed E-state index contributed by atoms with van der Waals surface area (Å²) in [6.45, 7) is 6.55. The lowest BCUT2D eigenvalue weighted by atomic mass is 10.2. The summed E-state index contributed by atoms with van der Waals surface area (Å²) < 4.78 is 5.80. The zero-order valence-corrected chi connectivity index (χ0v) is 15.9. The molecule has 1 aliphatic rings.